The van der Waals surface area contributed by atoms with Crippen LogP contribution in [0.1, 0.15) is 69.4 Å². The number of hydrogen-bond acceptors (Lipinski definition) is 21. The fraction of sp³-hybridized carbons (Fsp3) is 0.600. The molecule has 1 aliphatic carbocycles. The van der Waals surface area contributed by atoms with E-state index in [-0.39, 0.29) is 64.6 Å². The van der Waals surface area contributed by atoms with Crippen molar-refractivity contribution >= 4 is 47.5 Å². The standard InChI is InChI=1S/C50H69N7O20/c1-27-41(64)43(66)45(68)48(75-27)72-20-18-52-37(60)24-56(25-38(61)53-19-21-73-49-46(69)44(67)42(65)28(2)76-49)23-36(59)51-17-9-3-4-14-35(58)54-22-34(47(70)77-57-39(62)15-16-40(57)63)55-50(71)74-26-33-31-12-7-5-10-29(31)30-11-6-8-13-32(30)33/h5-8,10-13,27-28,33-34,41-46,48-49,64-69H,3-4,9,14-26H2,1-2H3,(H,51,59)(H,52,60)(H,53,61)(H,54,58)(H,55,71)/t27-,28-,34+,41+,42+,43-,44+,45-,46-,48+,49+/m0/s1. The number of unbranched alkanes of at least 4 members (excludes halogenated alkanes) is 2. The number of aliphatic hydroxyl groups is 6. The van der Waals surface area contributed by atoms with E-state index in [2.05, 4.69) is 26.6 Å². The summed E-state index contributed by atoms with van der Waals surface area (Å²) >= 11 is 0. The Bertz CT molecular complexity index is 2260. The molecule has 3 fully saturated rings. The van der Waals surface area contributed by atoms with Crippen molar-refractivity contribution in [1.29, 1.82) is 0 Å². The number of alkyl carbamates (subject to hydrolysis) is 1. The van der Waals surface area contributed by atoms with Crippen LogP contribution >= 0.6 is 0 Å². The van der Waals surface area contributed by atoms with Gasteiger partial charge in [-0.05, 0) is 48.9 Å². The Balaban J connectivity index is 0.929. The number of imide groups is 1. The van der Waals surface area contributed by atoms with Gasteiger partial charge in [-0.15, -0.1) is 5.06 Å². The fourth-order valence-corrected chi connectivity index (χ4v) is 8.88. The normalized spacial score (nSPS) is 25.3. The quantitative estimate of drug-likeness (QED) is 0.0306. The number of carbonyl (C=O) groups is 8. The molecular weight excluding hydrogens is 1020 g/mol. The summed E-state index contributed by atoms with van der Waals surface area (Å²) in [5.41, 5.74) is 3.90. The Morgan fingerprint density at radius 2 is 1.10 bits per heavy atom. The lowest BCUT2D eigenvalue weighted by molar-refractivity contribution is -0.292. The van der Waals surface area contributed by atoms with Crippen LogP contribution in [0.2, 0.25) is 0 Å². The molecule has 0 spiro atoms. The van der Waals surface area contributed by atoms with Gasteiger partial charge >= 0.3 is 12.1 Å². The Hall–Kier alpha value is -6.24. The van der Waals surface area contributed by atoms with E-state index >= 15 is 0 Å². The highest BCUT2D eigenvalue weighted by Crippen LogP contribution is 2.44. The van der Waals surface area contributed by atoms with Crippen molar-refractivity contribution in [3.05, 3.63) is 59.7 Å². The topological polar surface area (TPSA) is 380 Å². The molecule has 3 aliphatic heterocycles. The van der Waals surface area contributed by atoms with E-state index in [9.17, 15) is 69.0 Å². The van der Waals surface area contributed by atoms with Gasteiger partial charge in [0, 0.05) is 51.4 Å². The lowest BCUT2D eigenvalue weighted by Gasteiger charge is -2.38. The monoisotopic (exact) mass is 1090 g/mol. The number of aliphatic hydroxyl groups excluding tert-OH is 6. The summed E-state index contributed by atoms with van der Waals surface area (Å²) in [5.74, 6) is -5.26. The second-order valence-electron chi connectivity index (χ2n) is 18.9. The first-order valence-electron chi connectivity index (χ1n) is 25.4. The van der Waals surface area contributed by atoms with Gasteiger partial charge in [-0.1, -0.05) is 55.0 Å². The number of amides is 7. The number of hydrogen-bond donors (Lipinski definition) is 11. The van der Waals surface area contributed by atoms with Crippen LogP contribution in [0.25, 0.3) is 11.1 Å². The summed E-state index contributed by atoms with van der Waals surface area (Å²) in [4.78, 5) is 109. The Morgan fingerprint density at radius 3 is 1.61 bits per heavy atom. The average Bonchev–Trinajstić information content (AvgIpc) is 3.91. The minimum absolute atomic E-state index is 0.0330. The molecule has 0 saturated carbocycles. The summed E-state index contributed by atoms with van der Waals surface area (Å²) in [5, 5.41) is 73.4. The first-order chi connectivity index (χ1) is 36.8. The largest absolute Gasteiger partial charge is 0.449 e. The van der Waals surface area contributed by atoms with Crippen molar-refractivity contribution in [3.63, 3.8) is 0 Å². The third-order valence-corrected chi connectivity index (χ3v) is 13.1. The highest BCUT2D eigenvalue weighted by molar-refractivity contribution is 6.02. The van der Waals surface area contributed by atoms with Crippen molar-refractivity contribution in [1.82, 2.24) is 36.5 Å². The van der Waals surface area contributed by atoms with E-state index in [4.69, 9.17) is 28.5 Å². The van der Waals surface area contributed by atoms with Crippen molar-refractivity contribution in [3.8, 4) is 11.1 Å². The molecule has 0 bridgehead atoms. The van der Waals surface area contributed by atoms with Gasteiger partial charge in [-0.2, -0.15) is 0 Å². The molecular formula is C50H69N7O20. The Labute approximate surface area is 442 Å². The molecule has 0 unspecified atom stereocenters. The molecule has 2 aromatic carbocycles. The Morgan fingerprint density at radius 1 is 0.623 bits per heavy atom. The molecule has 11 atom stereocenters. The van der Waals surface area contributed by atoms with Gasteiger partial charge in [0.05, 0.1) is 45.1 Å². The number of benzene rings is 2. The predicted octanol–water partition coefficient (Wildman–Crippen LogP) is -3.48. The van der Waals surface area contributed by atoms with E-state index in [0.29, 0.717) is 24.3 Å². The smallest absolute Gasteiger partial charge is 0.407 e. The van der Waals surface area contributed by atoms with Gasteiger partial charge in [0.25, 0.3) is 11.8 Å². The summed E-state index contributed by atoms with van der Waals surface area (Å²) in [7, 11) is 0. The van der Waals surface area contributed by atoms with E-state index < -0.39 is 141 Å². The second kappa shape index (κ2) is 28.9. The molecule has 6 rings (SSSR count). The third kappa shape index (κ3) is 16.9. The third-order valence-electron chi connectivity index (χ3n) is 13.1. The van der Waals surface area contributed by atoms with Gasteiger partial charge in [0.2, 0.25) is 23.6 Å². The van der Waals surface area contributed by atoms with E-state index in [0.717, 1.165) is 22.3 Å². The van der Waals surface area contributed by atoms with Crippen LogP contribution in [0.4, 0.5) is 4.79 Å². The minimum Gasteiger partial charge on any atom is -0.449 e. The molecule has 4 aliphatic rings. The van der Waals surface area contributed by atoms with Crippen LogP contribution in [0.3, 0.4) is 0 Å². The zero-order chi connectivity index (χ0) is 55.8. The summed E-state index contributed by atoms with van der Waals surface area (Å²) < 4.78 is 27.2. The molecule has 424 valence electrons. The van der Waals surface area contributed by atoms with E-state index in [1.54, 1.807) is 0 Å². The van der Waals surface area contributed by atoms with E-state index in [1.165, 1.54) is 18.7 Å². The molecule has 0 radical (unpaired) electrons. The van der Waals surface area contributed by atoms with Crippen LogP contribution in [-0.4, -0.2) is 221 Å². The lowest BCUT2D eigenvalue weighted by atomic mass is 9.98. The number of hydroxylamine groups is 2. The molecule has 7 amide bonds. The van der Waals surface area contributed by atoms with Crippen molar-refractivity contribution in [2.24, 2.45) is 0 Å². The summed E-state index contributed by atoms with van der Waals surface area (Å²) in [6.45, 7) is 0.686. The number of rotatable bonds is 27. The molecule has 77 heavy (non-hydrogen) atoms. The van der Waals surface area contributed by atoms with Gasteiger partial charge in [0.1, 0.15) is 49.3 Å². The van der Waals surface area contributed by atoms with Gasteiger partial charge in [-0.3, -0.25) is 33.7 Å². The summed E-state index contributed by atoms with van der Waals surface area (Å²) in [6.07, 6.45) is -13.3. The van der Waals surface area contributed by atoms with Crippen LogP contribution in [0.5, 0.6) is 0 Å². The lowest BCUT2D eigenvalue weighted by Crippen LogP contribution is -2.57. The molecule has 0 aromatic heterocycles. The molecule has 27 heteroatoms. The number of fused-ring (bicyclic) bond motifs is 3. The number of carbonyl (C=O) groups excluding carboxylic acids is 8. The van der Waals surface area contributed by atoms with Crippen LogP contribution in [0, 0.1) is 0 Å². The zero-order valence-electron chi connectivity index (χ0n) is 42.7. The molecule has 27 nitrogen and oxygen atoms in total. The van der Waals surface area contributed by atoms with Gasteiger partial charge in [-0.25, -0.2) is 9.59 Å². The molecule has 3 saturated heterocycles. The maximum absolute atomic E-state index is 13.2. The van der Waals surface area contributed by atoms with Gasteiger partial charge < -0.3 is 85.7 Å². The molecule has 2 aromatic rings. The Kier molecular flexibility index (Phi) is 22.5. The number of ether oxygens (including phenoxy) is 5. The SMILES string of the molecule is C[C@@H]1O[C@@H](OCCNC(=O)CN(CC(=O)NCCCCCC(=O)NC[C@@H](NC(=O)OCC2c3ccccc3-c3ccccc32)C(=O)ON2C(=O)CCC2=O)CC(=O)NCCO[C@@H]2O[C@@H](C)[C@@H](O)[C@@H](O)[C@@H]2O)[C@@H](O)[C@@H](O)[C@@H]1O. The van der Waals surface area contributed by atoms with Crippen LogP contribution in [0.15, 0.2) is 48.5 Å². The van der Waals surface area contributed by atoms with Crippen molar-refractivity contribution in [2.75, 3.05) is 65.6 Å². The fourth-order valence-electron chi connectivity index (χ4n) is 8.88. The molecule has 3 heterocycles. The highest BCUT2D eigenvalue weighted by atomic mass is 16.7. The average molecular weight is 1090 g/mol. The second-order valence-corrected chi connectivity index (χ2v) is 18.9. The first kappa shape index (κ1) is 60.0. The highest BCUT2D eigenvalue weighted by Gasteiger charge is 2.44. The number of nitrogens with one attached hydrogen (secondary N) is 5. The zero-order valence-corrected chi connectivity index (χ0v) is 42.7. The summed E-state index contributed by atoms with van der Waals surface area (Å²) in [6, 6.07) is 13.8. The maximum atomic E-state index is 13.2. The van der Waals surface area contributed by atoms with Crippen LogP contribution < -0.4 is 26.6 Å². The predicted molar refractivity (Wildman–Crippen MR) is 263 cm³/mol. The van der Waals surface area contributed by atoms with Crippen LogP contribution in [-0.2, 0) is 62.1 Å². The van der Waals surface area contributed by atoms with Gasteiger partial charge in [0.15, 0.2) is 12.6 Å². The minimum atomic E-state index is -1.56. The van der Waals surface area contributed by atoms with Crippen molar-refractivity contribution in [2.45, 2.75) is 126 Å². The molecule has 11 N–H and O–H groups in total. The van der Waals surface area contributed by atoms with Crippen molar-refractivity contribution < 1.29 is 97.5 Å². The number of nitrogens with zero attached hydrogens (tertiary/aromatic N) is 2. The maximum Gasteiger partial charge on any atom is 0.407 e. The first-order valence-corrected chi connectivity index (χ1v) is 25.4. The van der Waals surface area contributed by atoms with E-state index in [1.807, 2.05) is 48.5 Å².